The summed E-state index contributed by atoms with van der Waals surface area (Å²) < 4.78 is 0. The van der Waals surface area contributed by atoms with Crippen LogP contribution in [-0.2, 0) is 19.2 Å². The van der Waals surface area contributed by atoms with E-state index >= 15 is 0 Å². The molecule has 3 rings (SSSR count). The summed E-state index contributed by atoms with van der Waals surface area (Å²) in [4.78, 5) is 45.5. The smallest absolute Gasteiger partial charge is 0.315 e. The van der Waals surface area contributed by atoms with Crippen molar-refractivity contribution >= 4 is 23.9 Å². The highest BCUT2D eigenvalue weighted by molar-refractivity contribution is 5.94. The highest BCUT2D eigenvalue weighted by Gasteiger charge is 2.66. The molecular formula is C12H12O8. The van der Waals surface area contributed by atoms with Gasteiger partial charge in [-0.1, -0.05) is 12.2 Å². The van der Waals surface area contributed by atoms with Gasteiger partial charge in [-0.15, -0.1) is 0 Å². The van der Waals surface area contributed by atoms with Crippen molar-refractivity contribution in [1.29, 1.82) is 0 Å². The maximum atomic E-state index is 11.6. The lowest BCUT2D eigenvalue weighted by molar-refractivity contribution is -0.186. The van der Waals surface area contributed by atoms with E-state index in [-0.39, 0.29) is 6.42 Å². The number of carboxylic acid groups (broad SMARTS) is 4. The Morgan fingerprint density at radius 2 is 1.55 bits per heavy atom. The summed E-state index contributed by atoms with van der Waals surface area (Å²) in [5, 5.41) is 36.9. The minimum absolute atomic E-state index is 0.196. The van der Waals surface area contributed by atoms with E-state index in [1.54, 1.807) is 0 Å². The largest absolute Gasteiger partial charge is 0.481 e. The van der Waals surface area contributed by atoms with Gasteiger partial charge in [-0.2, -0.15) is 0 Å². The Morgan fingerprint density at radius 3 is 1.95 bits per heavy atom. The Morgan fingerprint density at radius 1 is 0.950 bits per heavy atom. The zero-order chi connectivity index (χ0) is 15.2. The van der Waals surface area contributed by atoms with Gasteiger partial charge in [-0.05, 0) is 12.3 Å². The van der Waals surface area contributed by atoms with Gasteiger partial charge in [-0.25, -0.2) is 0 Å². The zero-order valence-corrected chi connectivity index (χ0v) is 10.1. The van der Waals surface area contributed by atoms with E-state index in [2.05, 4.69) is 0 Å². The van der Waals surface area contributed by atoms with Crippen molar-refractivity contribution in [3.05, 3.63) is 12.2 Å². The van der Waals surface area contributed by atoms with Crippen LogP contribution in [0.1, 0.15) is 6.42 Å². The monoisotopic (exact) mass is 284 g/mol. The molecule has 0 aromatic rings. The Balaban J connectivity index is 2.67. The quantitative estimate of drug-likeness (QED) is 0.516. The van der Waals surface area contributed by atoms with Gasteiger partial charge in [0.05, 0.1) is 17.8 Å². The van der Waals surface area contributed by atoms with Gasteiger partial charge in [0.1, 0.15) is 5.41 Å². The minimum atomic E-state index is -2.23. The van der Waals surface area contributed by atoms with Gasteiger partial charge < -0.3 is 20.4 Å². The number of carbonyl (C=O) groups is 4. The van der Waals surface area contributed by atoms with Crippen LogP contribution < -0.4 is 0 Å². The molecule has 0 aliphatic heterocycles. The van der Waals surface area contributed by atoms with E-state index in [1.807, 2.05) is 0 Å². The molecule has 2 bridgehead atoms. The van der Waals surface area contributed by atoms with Gasteiger partial charge in [0.25, 0.3) is 0 Å². The van der Waals surface area contributed by atoms with Crippen molar-refractivity contribution in [1.82, 2.24) is 0 Å². The summed E-state index contributed by atoms with van der Waals surface area (Å²) in [6, 6.07) is 0. The maximum Gasteiger partial charge on any atom is 0.315 e. The maximum absolute atomic E-state index is 11.6. The molecule has 0 spiro atoms. The van der Waals surface area contributed by atoms with Crippen LogP contribution in [0.4, 0.5) is 0 Å². The molecule has 8 heteroatoms. The zero-order valence-electron chi connectivity index (χ0n) is 10.1. The van der Waals surface area contributed by atoms with Crippen LogP contribution in [0.5, 0.6) is 0 Å². The lowest BCUT2D eigenvalue weighted by Gasteiger charge is -2.50. The van der Waals surface area contributed by atoms with Gasteiger partial charge in [0.2, 0.25) is 0 Å². The average Bonchev–Trinajstić information content (AvgIpc) is 2.37. The van der Waals surface area contributed by atoms with Gasteiger partial charge >= 0.3 is 23.9 Å². The molecule has 0 radical (unpaired) electrons. The van der Waals surface area contributed by atoms with E-state index < -0.39 is 53.0 Å². The van der Waals surface area contributed by atoms with Crippen LogP contribution in [0.15, 0.2) is 12.2 Å². The van der Waals surface area contributed by atoms with Crippen molar-refractivity contribution < 1.29 is 39.6 Å². The molecule has 0 aromatic carbocycles. The summed E-state index contributed by atoms with van der Waals surface area (Å²) in [6.45, 7) is 0. The fourth-order valence-corrected chi connectivity index (χ4v) is 3.42. The summed E-state index contributed by atoms with van der Waals surface area (Å²) in [5.41, 5.74) is -2.23. The molecule has 4 N–H and O–H groups in total. The second-order valence-electron chi connectivity index (χ2n) is 5.07. The molecule has 8 nitrogen and oxygen atoms in total. The van der Waals surface area contributed by atoms with E-state index in [0.29, 0.717) is 0 Å². The summed E-state index contributed by atoms with van der Waals surface area (Å²) in [6.07, 6.45) is 2.16. The van der Waals surface area contributed by atoms with Crippen LogP contribution >= 0.6 is 0 Å². The number of allylic oxidation sites excluding steroid dienone is 1. The standard InChI is InChI=1S/C12H12O8/c13-8(14)5-3-4-1-2-12(5,11(19)20)7(10(17)18)6(4)9(15)16/h1-2,4-7H,3H2,(H,13,14)(H,15,16)(H,17,18)(H,19,20). The van der Waals surface area contributed by atoms with Gasteiger partial charge in [-0.3, -0.25) is 19.2 Å². The summed E-state index contributed by atoms with van der Waals surface area (Å²) in [7, 11) is 0. The van der Waals surface area contributed by atoms with Gasteiger partial charge in [0, 0.05) is 0 Å². The first kappa shape index (κ1) is 14.0. The van der Waals surface area contributed by atoms with E-state index in [1.165, 1.54) is 6.08 Å². The number of rotatable bonds is 4. The SMILES string of the molecule is O=C(O)C1C2C=CC(C(=O)O)(C(C(=O)O)C2)C1C(=O)O. The molecule has 5 unspecified atom stereocenters. The van der Waals surface area contributed by atoms with Crippen molar-refractivity contribution in [2.75, 3.05) is 0 Å². The Kier molecular flexibility index (Phi) is 3.04. The number of aliphatic carboxylic acids is 4. The molecule has 3 aliphatic rings. The van der Waals surface area contributed by atoms with Gasteiger partial charge in [0.15, 0.2) is 0 Å². The van der Waals surface area contributed by atoms with E-state index in [4.69, 9.17) is 10.2 Å². The summed E-state index contributed by atoms with van der Waals surface area (Å²) in [5.74, 6) is -11.6. The highest BCUT2D eigenvalue weighted by Crippen LogP contribution is 2.56. The second kappa shape index (κ2) is 4.32. The third-order valence-corrected chi connectivity index (χ3v) is 4.26. The average molecular weight is 284 g/mol. The summed E-state index contributed by atoms with van der Waals surface area (Å²) >= 11 is 0. The minimum Gasteiger partial charge on any atom is -0.481 e. The molecule has 0 aromatic heterocycles. The second-order valence-corrected chi connectivity index (χ2v) is 5.07. The van der Waals surface area contributed by atoms with Crippen molar-refractivity contribution in [2.45, 2.75) is 6.42 Å². The third kappa shape index (κ3) is 1.60. The lowest BCUT2D eigenvalue weighted by atomic mass is 9.49. The van der Waals surface area contributed by atoms with E-state index in [9.17, 15) is 29.4 Å². The molecule has 3 aliphatic carbocycles. The first-order valence-corrected chi connectivity index (χ1v) is 5.84. The fraction of sp³-hybridized carbons (Fsp3) is 0.500. The highest BCUT2D eigenvalue weighted by atomic mass is 16.4. The molecule has 1 saturated carbocycles. The number of fused-ring (bicyclic) bond motifs is 2. The first-order chi connectivity index (χ1) is 9.23. The molecule has 5 atom stereocenters. The fourth-order valence-electron chi connectivity index (χ4n) is 3.42. The topological polar surface area (TPSA) is 149 Å². The molecule has 0 heterocycles. The third-order valence-electron chi connectivity index (χ3n) is 4.26. The van der Waals surface area contributed by atoms with Crippen molar-refractivity contribution in [2.24, 2.45) is 29.1 Å². The number of hydrogen-bond acceptors (Lipinski definition) is 4. The molecular weight excluding hydrogens is 272 g/mol. The number of carboxylic acids is 4. The molecule has 108 valence electrons. The van der Waals surface area contributed by atoms with Crippen molar-refractivity contribution in [3.63, 3.8) is 0 Å². The Hall–Kier alpha value is -2.38. The normalized spacial score (nSPS) is 38.4. The van der Waals surface area contributed by atoms with Crippen LogP contribution in [0.25, 0.3) is 0 Å². The molecule has 1 fully saturated rings. The Bertz CT molecular complexity index is 524. The predicted octanol–water partition coefficient (Wildman–Crippen LogP) is -0.250. The number of hydrogen-bond donors (Lipinski definition) is 4. The Labute approximate surface area is 112 Å². The van der Waals surface area contributed by atoms with Crippen LogP contribution in [0.3, 0.4) is 0 Å². The van der Waals surface area contributed by atoms with Crippen molar-refractivity contribution in [3.8, 4) is 0 Å². The molecule has 0 saturated heterocycles. The lowest BCUT2D eigenvalue weighted by Crippen LogP contribution is -2.61. The molecule has 0 amide bonds. The first-order valence-electron chi connectivity index (χ1n) is 5.84. The van der Waals surface area contributed by atoms with E-state index in [0.717, 1.165) is 6.08 Å². The van der Waals surface area contributed by atoms with Crippen LogP contribution in [0.2, 0.25) is 0 Å². The van der Waals surface area contributed by atoms with Crippen LogP contribution in [-0.4, -0.2) is 44.3 Å². The predicted molar refractivity (Wildman–Crippen MR) is 60.7 cm³/mol. The van der Waals surface area contributed by atoms with Crippen LogP contribution in [0, 0.1) is 29.1 Å². The molecule has 20 heavy (non-hydrogen) atoms.